The Kier molecular flexibility index (Phi) is 8.54. The highest BCUT2D eigenvalue weighted by Crippen LogP contribution is 2.41. The first kappa shape index (κ1) is 30.2. The number of anilines is 2. The zero-order chi connectivity index (χ0) is 29.3. The fourth-order valence-electron chi connectivity index (χ4n) is 3.92. The van der Waals surface area contributed by atoms with Gasteiger partial charge in [-0.25, -0.2) is 10.0 Å². The number of hydrogen-bond donors (Lipinski definition) is 2. The van der Waals surface area contributed by atoms with Crippen molar-refractivity contribution in [2.45, 2.75) is 31.6 Å². The number of halogens is 7. The summed E-state index contributed by atoms with van der Waals surface area (Å²) in [5.74, 6) is -0.843. The van der Waals surface area contributed by atoms with Crippen LogP contribution >= 0.6 is 11.6 Å². The van der Waals surface area contributed by atoms with Crippen LogP contribution in [0.25, 0.3) is 11.1 Å². The number of hydrogen-bond acceptors (Lipinski definition) is 5. The minimum atomic E-state index is -5.08. The first-order chi connectivity index (χ1) is 18.0. The van der Waals surface area contributed by atoms with Crippen molar-refractivity contribution in [3.05, 3.63) is 76.4 Å². The molecule has 2 aromatic carbocycles. The van der Waals surface area contributed by atoms with E-state index in [1.54, 1.807) is 24.3 Å². The van der Waals surface area contributed by atoms with Gasteiger partial charge in [-0.2, -0.15) is 26.3 Å². The predicted molar refractivity (Wildman–Crippen MR) is 134 cm³/mol. The summed E-state index contributed by atoms with van der Waals surface area (Å²) in [7, 11) is 1.30. The Labute approximate surface area is 225 Å². The highest BCUT2D eigenvalue weighted by Gasteiger charge is 2.41. The lowest BCUT2D eigenvalue weighted by Crippen LogP contribution is -2.42. The van der Waals surface area contributed by atoms with Crippen molar-refractivity contribution in [2.75, 3.05) is 30.2 Å². The van der Waals surface area contributed by atoms with E-state index < -0.39 is 47.0 Å². The summed E-state index contributed by atoms with van der Waals surface area (Å²) in [6.07, 6.45) is -8.96. The highest BCUT2D eigenvalue weighted by molar-refractivity contribution is 6.33. The van der Waals surface area contributed by atoms with E-state index in [2.05, 4.69) is 4.98 Å². The number of carbonyl (C=O) groups is 1. The van der Waals surface area contributed by atoms with E-state index in [1.807, 2.05) is 0 Å². The number of rotatable bonds is 7. The molecule has 0 saturated heterocycles. The number of aromatic nitrogens is 1. The van der Waals surface area contributed by atoms with Crippen molar-refractivity contribution in [1.82, 2.24) is 4.98 Å². The topological polar surface area (TPSA) is 76.9 Å². The number of aliphatic hydroxyl groups is 1. The molecule has 0 aliphatic carbocycles. The number of benzene rings is 2. The molecule has 210 valence electrons. The van der Waals surface area contributed by atoms with Crippen molar-refractivity contribution < 1.29 is 41.5 Å². The van der Waals surface area contributed by atoms with Crippen LogP contribution in [0.15, 0.2) is 54.7 Å². The molecule has 1 heterocycles. The maximum absolute atomic E-state index is 13.7. The van der Waals surface area contributed by atoms with Crippen LogP contribution in [-0.2, 0) is 22.6 Å². The van der Waals surface area contributed by atoms with E-state index in [4.69, 9.17) is 16.7 Å². The van der Waals surface area contributed by atoms with E-state index in [0.29, 0.717) is 22.8 Å². The molecule has 0 atom stereocenters. The number of amides is 1. The van der Waals surface area contributed by atoms with Crippen LogP contribution in [0.3, 0.4) is 0 Å². The van der Waals surface area contributed by atoms with Crippen molar-refractivity contribution in [2.24, 2.45) is 0 Å². The van der Waals surface area contributed by atoms with Crippen LogP contribution in [0.1, 0.15) is 30.5 Å². The van der Waals surface area contributed by atoms with Gasteiger partial charge in [0, 0.05) is 23.2 Å². The van der Waals surface area contributed by atoms with Gasteiger partial charge >= 0.3 is 12.4 Å². The second kappa shape index (κ2) is 11.0. The van der Waals surface area contributed by atoms with Crippen LogP contribution in [0.4, 0.5) is 37.8 Å². The molecule has 3 aromatic rings. The van der Waals surface area contributed by atoms with Gasteiger partial charge in [0.1, 0.15) is 0 Å². The first-order valence-corrected chi connectivity index (χ1v) is 11.8. The van der Waals surface area contributed by atoms with Crippen LogP contribution in [0, 0.1) is 0 Å². The third kappa shape index (κ3) is 6.45. The molecular formula is C26H24ClF6N3O3. The van der Waals surface area contributed by atoms with Crippen LogP contribution < -0.4 is 9.96 Å². The smallest absolute Gasteiger partial charge is 0.394 e. The van der Waals surface area contributed by atoms with E-state index in [1.165, 1.54) is 33.2 Å². The molecule has 13 heteroatoms. The van der Waals surface area contributed by atoms with Gasteiger partial charge < -0.3 is 10.0 Å². The van der Waals surface area contributed by atoms with Gasteiger partial charge in [-0.15, -0.1) is 0 Å². The van der Waals surface area contributed by atoms with Crippen molar-refractivity contribution >= 4 is 29.0 Å². The molecule has 0 saturated carbocycles. The van der Waals surface area contributed by atoms with Crippen LogP contribution in [0.2, 0.25) is 5.02 Å². The summed E-state index contributed by atoms with van der Waals surface area (Å²) >= 11 is 6.36. The average Bonchev–Trinajstić information content (AvgIpc) is 2.86. The van der Waals surface area contributed by atoms with Gasteiger partial charge in [0.2, 0.25) is 5.91 Å². The monoisotopic (exact) mass is 575 g/mol. The maximum atomic E-state index is 13.7. The molecule has 39 heavy (non-hydrogen) atoms. The predicted octanol–water partition coefficient (Wildman–Crippen LogP) is 6.57. The van der Waals surface area contributed by atoms with Gasteiger partial charge in [0.15, 0.2) is 5.82 Å². The number of alkyl halides is 6. The van der Waals surface area contributed by atoms with E-state index >= 15 is 0 Å². The van der Waals surface area contributed by atoms with Gasteiger partial charge in [-0.05, 0) is 49.7 Å². The summed E-state index contributed by atoms with van der Waals surface area (Å²) in [6, 6.07) is 8.92. The van der Waals surface area contributed by atoms with Gasteiger partial charge in [0.25, 0.3) is 0 Å². The molecule has 0 spiro atoms. The summed E-state index contributed by atoms with van der Waals surface area (Å²) in [5, 5.41) is 20.2. The minimum absolute atomic E-state index is 0.00105. The Balaban J connectivity index is 2.15. The maximum Gasteiger partial charge on any atom is 0.416 e. The summed E-state index contributed by atoms with van der Waals surface area (Å²) in [5.41, 5.74) is -4.61. The SMILES string of the molecule is CN(C(=O)C(C)(C)c1cc(C(F)(F)F)cc(C(F)(F)F)c1)c1cnc(N(O)CCO)cc1-c1ccccc1Cl. The molecule has 0 aliphatic rings. The Morgan fingerprint density at radius 2 is 1.46 bits per heavy atom. The number of likely N-dealkylation sites (N-methyl/N-ethyl adjacent to an activating group) is 1. The van der Waals surface area contributed by atoms with Crippen LogP contribution in [-0.4, -0.2) is 41.4 Å². The highest BCUT2D eigenvalue weighted by atomic mass is 35.5. The Bertz CT molecular complexity index is 1330. The second-order valence-electron chi connectivity index (χ2n) is 9.17. The molecule has 2 N–H and O–H groups in total. The Morgan fingerprint density at radius 1 is 0.923 bits per heavy atom. The molecular weight excluding hydrogens is 552 g/mol. The fourth-order valence-corrected chi connectivity index (χ4v) is 4.16. The summed E-state index contributed by atoms with van der Waals surface area (Å²) < 4.78 is 80.8. The van der Waals surface area contributed by atoms with E-state index in [-0.39, 0.29) is 34.7 Å². The lowest BCUT2D eigenvalue weighted by Gasteiger charge is -2.32. The lowest BCUT2D eigenvalue weighted by atomic mass is 9.81. The third-order valence-corrected chi connectivity index (χ3v) is 6.45. The van der Waals surface area contributed by atoms with E-state index in [0.717, 1.165) is 4.90 Å². The second-order valence-corrected chi connectivity index (χ2v) is 9.58. The molecule has 3 rings (SSSR count). The van der Waals surface area contributed by atoms with Crippen molar-refractivity contribution in [3.63, 3.8) is 0 Å². The largest absolute Gasteiger partial charge is 0.416 e. The van der Waals surface area contributed by atoms with Crippen LogP contribution in [0.5, 0.6) is 0 Å². The molecule has 6 nitrogen and oxygen atoms in total. The van der Waals surface area contributed by atoms with Gasteiger partial charge in [-0.3, -0.25) is 10.0 Å². The number of hydroxylamine groups is 1. The average molecular weight is 576 g/mol. The number of nitrogens with zero attached hydrogens (tertiary/aromatic N) is 3. The molecule has 0 fully saturated rings. The lowest BCUT2D eigenvalue weighted by molar-refractivity contribution is -0.143. The van der Waals surface area contributed by atoms with Gasteiger partial charge in [0.05, 0.1) is 41.6 Å². The minimum Gasteiger partial charge on any atom is -0.394 e. The zero-order valence-electron chi connectivity index (χ0n) is 20.9. The number of carbonyl (C=O) groups excluding carboxylic acids is 1. The number of aliphatic hydroxyl groups excluding tert-OH is 1. The molecule has 0 aliphatic heterocycles. The summed E-state index contributed by atoms with van der Waals surface area (Å²) in [4.78, 5) is 18.8. The fraction of sp³-hybridized carbons (Fsp3) is 0.308. The van der Waals surface area contributed by atoms with Gasteiger partial charge in [-0.1, -0.05) is 29.8 Å². The standard InChI is InChI=1S/C26H24ClF6N3O3/c1-24(2,15-10-16(25(28,29)30)12-17(11-15)26(31,32)33)23(38)35(3)21-14-34-22(36(39)8-9-37)13-19(21)18-6-4-5-7-20(18)27/h4-7,10-14,37,39H,8-9H2,1-3H3. The quantitative estimate of drug-likeness (QED) is 0.246. The molecule has 1 amide bonds. The van der Waals surface area contributed by atoms with Crippen molar-refractivity contribution in [3.8, 4) is 11.1 Å². The molecule has 1 aromatic heterocycles. The normalized spacial score (nSPS) is 12.4. The zero-order valence-corrected chi connectivity index (χ0v) is 21.7. The molecule has 0 unspecified atom stereocenters. The molecule has 0 radical (unpaired) electrons. The first-order valence-electron chi connectivity index (χ1n) is 11.4. The van der Waals surface area contributed by atoms with E-state index in [9.17, 15) is 36.3 Å². The third-order valence-electron chi connectivity index (χ3n) is 6.12. The number of pyridine rings is 1. The Morgan fingerprint density at radius 3 is 1.97 bits per heavy atom. The molecule has 0 bridgehead atoms. The van der Waals surface area contributed by atoms with Crippen molar-refractivity contribution in [1.29, 1.82) is 0 Å². The Hall–Kier alpha value is -3.35. The summed E-state index contributed by atoms with van der Waals surface area (Å²) in [6.45, 7) is 1.85.